The Morgan fingerprint density at radius 1 is 1.18 bits per heavy atom. The molecule has 0 N–H and O–H groups in total. The van der Waals surface area contributed by atoms with Crippen LogP contribution in [-0.4, -0.2) is 5.75 Å². The zero-order valence-corrected chi connectivity index (χ0v) is 8.36. The molecule has 0 atom stereocenters. The second kappa shape index (κ2) is 9.83. The minimum atomic E-state index is 1.17. The molecular weight excluding hydrogens is 152 g/mol. The van der Waals surface area contributed by atoms with E-state index in [4.69, 9.17) is 0 Å². The smallest absolute Gasteiger partial charge is 0.00544 e. The van der Waals surface area contributed by atoms with Crippen molar-refractivity contribution in [2.24, 2.45) is 0 Å². The Hall–Kier alpha value is -0.170. The Morgan fingerprint density at radius 3 is 2.64 bits per heavy atom. The third-order valence-electron chi connectivity index (χ3n) is 1.31. The summed E-state index contributed by atoms with van der Waals surface area (Å²) in [4.78, 5) is 0. The zero-order valence-electron chi connectivity index (χ0n) is 7.55. The quantitative estimate of drug-likeness (QED) is 0.429. The molecule has 0 aromatic heterocycles. The number of rotatable bonds is 6. The molecule has 0 aliphatic rings. The van der Waals surface area contributed by atoms with Gasteiger partial charge in [-0.2, -0.15) is 0 Å². The molecule has 0 heterocycles. The topological polar surface area (TPSA) is 0 Å². The summed E-state index contributed by atoms with van der Waals surface area (Å²) < 4.78 is 0. The summed E-state index contributed by atoms with van der Waals surface area (Å²) in [6.07, 6.45) is 10.3. The first kappa shape index (κ1) is 10.8. The van der Waals surface area contributed by atoms with Gasteiger partial charge in [-0.15, -0.1) is 11.8 Å². The fourth-order valence-electron chi connectivity index (χ4n) is 0.694. The molecule has 0 saturated carbocycles. The second-order valence-electron chi connectivity index (χ2n) is 2.35. The van der Waals surface area contributed by atoms with Crippen LogP contribution < -0.4 is 0 Å². The van der Waals surface area contributed by atoms with Crippen LogP contribution in [0.4, 0.5) is 0 Å². The number of unbranched alkanes of at least 4 members (excludes halogenated alkanes) is 2. The molecule has 0 spiro atoms. The molecule has 0 saturated heterocycles. The molecule has 0 aliphatic carbocycles. The predicted octanol–water partition coefficient (Wildman–Crippen LogP) is 4.00. The van der Waals surface area contributed by atoms with Gasteiger partial charge in [0.05, 0.1) is 0 Å². The Bertz CT molecular complexity index is 114. The Morgan fingerprint density at radius 2 is 2.00 bits per heavy atom. The molecule has 0 fully saturated rings. The lowest BCUT2D eigenvalue weighted by Gasteiger charge is -1.85. The first-order valence-corrected chi connectivity index (χ1v) is 5.40. The van der Waals surface area contributed by atoms with Crippen LogP contribution in [0.15, 0.2) is 23.6 Å². The van der Waals surface area contributed by atoms with Gasteiger partial charge in [0.15, 0.2) is 0 Å². The summed E-state index contributed by atoms with van der Waals surface area (Å²) in [7, 11) is 0. The van der Waals surface area contributed by atoms with Crippen LogP contribution in [0.3, 0.4) is 0 Å². The van der Waals surface area contributed by atoms with Crippen molar-refractivity contribution in [3.63, 3.8) is 0 Å². The van der Waals surface area contributed by atoms with E-state index in [2.05, 4.69) is 37.5 Å². The van der Waals surface area contributed by atoms with Gasteiger partial charge in [0, 0.05) is 0 Å². The third-order valence-corrected chi connectivity index (χ3v) is 2.00. The summed E-state index contributed by atoms with van der Waals surface area (Å²) >= 11 is 1.84. The highest BCUT2D eigenvalue weighted by Crippen LogP contribution is 2.00. The third kappa shape index (κ3) is 9.83. The number of hydrogen-bond acceptors (Lipinski definition) is 1. The van der Waals surface area contributed by atoms with Crippen molar-refractivity contribution in [3.05, 3.63) is 23.6 Å². The van der Waals surface area contributed by atoms with Crippen LogP contribution in [0.2, 0.25) is 0 Å². The van der Waals surface area contributed by atoms with Crippen molar-refractivity contribution < 1.29 is 0 Å². The van der Waals surface area contributed by atoms with Gasteiger partial charge >= 0.3 is 0 Å². The number of allylic oxidation sites excluding steroid dienone is 3. The first-order chi connectivity index (χ1) is 5.41. The largest absolute Gasteiger partial charge is 0.134 e. The lowest BCUT2D eigenvalue weighted by Crippen LogP contribution is -1.64. The number of hydrogen-bond donors (Lipinski definition) is 0. The van der Waals surface area contributed by atoms with Gasteiger partial charge in [-0.1, -0.05) is 44.9 Å². The predicted molar refractivity (Wildman–Crippen MR) is 55.9 cm³/mol. The summed E-state index contributed by atoms with van der Waals surface area (Å²) in [6.45, 7) is 4.38. The lowest BCUT2D eigenvalue weighted by atomic mass is 10.2. The van der Waals surface area contributed by atoms with E-state index in [9.17, 15) is 0 Å². The molecular formula is C10H18S. The van der Waals surface area contributed by atoms with Gasteiger partial charge in [-0.05, 0) is 17.6 Å². The van der Waals surface area contributed by atoms with Crippen molar-refractivity contribution in [1.29, 1.82) is 0 Å². The fourth-order valence-corrected chi connectivity index (χ4v) is 1.09. The lowest BCUT2D eigenvalue weighted by molar-refractivity contribution is 0.815. The Labute approximate surface area is 74.8 Å². The molecule has 0 bridgehead atoms. The van der Waals surface area contributed by atoms with E-state index in [1.165, 1.54) is 25.0 Å². The van der Waals surface area contributed by atoms with Crippen LogP contribution in [0.1, 0.15) is 33.1 Å². The average Bonchev–Trinajstić information content (AvgIpc) is 2.03. The minimum absolute atomic E-state index is 1.17. The molecule has 64 valence electrons. The van der Waals surface area contributed by atoms with Crippen molar-refractivity contribution in [2.45, 2.75) is 33.1 Å². The van der Waals surface area contributed by atoms with Crippen LogP contribution >= 0.6 is 11.8 Å². The van der Waals surface area contributed by atoms with E-state index >= 15 is 0 Å². The number of thioether (sulfide) groups is 1. The van der Waals surface area contributed by atoms with Crippen molar-refractivity contribution in [3.8, 4) is 0 Å². The highest BCUT2D eigenvalue weighted by molar-refractivity contribution is 8.02. The average molecular weight is 170 g/mol. The Balaban J connectivity index is 3.14. The minimum Gasteiger partial charge on any atom is -0.134 e. The van der Waals surface area contributed by atoms with Gasteiger partial charge in [-0.25, -0.2) is 0 Å². The highest BCUT2D eigenvalue weighted by atomic mass is 32.2. The van der Waals surface area contributed by atoms with Crippen molar-refractivity contribution >= 4 is 11.8 Å². The Kier molecular flexibility index (Phi) is 9.68. The van der Waals surface area contributed by atoms with E-state index in [1.807, 2.05) is 11.8 Å². The van der Waals surface area contributed by atoms with Crippen molar-refractivity contribution in [1.82, 2.24) is 0 Å². The molecule has 11 heavy (non-hydrogen) atoms. The SMILES string of the molecule is CCCCC=C/C=C\SCC. The zero-order chi connectivity index (χ0) is 8.36. The molecule has 0 aromatic rings. The molecule has 0 aliphatic heterocycles. The molecule has 0 aromatic carbocycles. The maximum Gasteiger partial charge on any atom is -0.00544 e. The van der Waals surface area contributed by atoms with Crippen LogP contribution in [0.25, 0.3) is 0 Å². The van der Waals surface area contributed by atoms with Gasteiger partial charge in [0.2, 0.25) is 0 Å². The standard InChI is InChI=1S/C10H18S/c1-3-5-6-7-8-9-10-11-4-2/h7-10H,3-6H2,1-2H3/b8-7?,10-9-. The van der Waals surface area contributed by atoms with Crippen LogP contribution in [0.5, 0.6) is 0 Å². The van der Waals surface area contributed by atoms with E-state index in [1.54, 1.807) is 0 Å². The molecule has 0 rings (SSSR count). The summed E-state index contributed by atoms with van der Waals surface area (Å²) in [5.74, 6) is 1.17. The molecule has 1 heteroatoms. The fraction of sp³-hybridized carbons (Fsp3) is 0.600. The van der Waals surface area contributed by atoms with Gasteiger partial charge in [-0.3, -0.25) is 0 Å². The first-order valence-electron chi connectivity index (χ1n) is 4.35. The molecule has 0 radical (unpaired) electrons. The summed E-state index contributed by atoms with van der Waals surface area (Å²) in [5.41, 5.74) is 0. The van der Waals surface area contributed by atoms with E-state index in [0.717, 1.165) is 0 Å². The molecule has 0 nitrogen and oxygen atoms in total. The molecule has 0 amide bonds. The van der Waals surface area contributed by atoms with Crippen LogP contribution in [0, 0.1) is 0 Å². The van der Waals surface area contributed by atoms with Crippen molar-refractivity contribution in [2.75, 3.05) is 5.75 Å². The van der Waals surface area contributed by atoms with Crippen LogP contribution in [-0.2, 0) is 0 Å². The second-order valence-corrected chi connectivity index (χ2v) is 3.54. The van der Waals surface area contributed by atoms with Gasteiger partial charge in [0.25, 0.3) is 0 Å². The van der Waals surface area contributed by atoms with E-state index in [-0.39, 0.29) is 0 Å². The monoisotopic (exact) mass is 170 g/mol. The van der Waals surface area contributed by atoms with Gasteiger partial charge < -0.3 is 0 Å². The summed E-state index contributed by atoms with van der Waals surface area (Å²) in [5, 5.41) is 2.14. The normalized spacial score (nSPS) is 11.8. The summed E-state index contributed by atoms with van der Waals surface area (Å²) in [6, 6.07) is 0. The van der Waals surface area contributed by atoms with Gasteiger partial charge in [0.1, 0.15) is 0 Å². The molecule has 0 unspecified atom stereocenters. The van der Waals surface area contributed by atoms with E-state index < -0.39 is 0 Å². The highest BCUT2D eigenvalue weighted by Gasteiger charge is 1.75. The maximum absolute atomic E-state index is 2.23. The van der Waals surface area contributed by atoms with E-state index in [0.29, 0.717) is 0 Å². The maximum atomic E-state index is 2.23.